The van der Waals surface area contributed by atoms with Crippen molar-refractivity contribution in [1.82, 2.24) is 15.1 Å². The molecule has 4 nitrogen and oxygen atoms in total. The number of piperidine rings is 1. The van der Waals surface area contributed by atoms with Gasteiger partial charge in [0.05, 0.1) is 10.6 Å². The molecule has 8 heteroatoms. The predicted molar refractivity (Wildman–Crippen MR) is 110 cm³/mol. The van der Waals surface area contributed by atoms with Crippen LogP contribution in [-0.4, -0.2) is 34.1 Å². The first kappa shape index (κ1) is 19.3. The molecule has 1 saturated heterocycles. The van der Waals surface area contributed by atoms with E-state index >= 15 is 0 Å². The van der Waals surface area contributed by atoms with Crippen LogP contribution in [0.4, 0.5) is 4.39 Å². The normalized spacial score (nSPS) is 17.0. The Bertz CT molecular complexity index is 1030. The second-order valence-electron chi connectivity index (χ2n) is 6.64. The Hall–Kier alpha value is -2.02. The maximum absolute atomic E-state index is 14.0. The Morgan fingerprint density at radius 1 is 1.18 bits per heavy atom. The fourth-order valence-corrected chi connectivity index (χ4v) is 4.70. The third-order valence-corrected chi connectivity index (χ3v) is 6.45. The van der Waals surface area contributed by atoms with Crippen molar-refractivity contribution in [1.29, 1.82) is 0 Å². The molecule has 0 N–H and O–H groups in total. The summed E-state index contributed by atoms with van der Waals surface area (Å²) in [7, 11) is 0. The Morgan fingerprint density at radius 3 is 2.82 bits per heavy atom. The number of benzene rings is 2. The van der Waals surface area contributed by atoms with Crippen LogP contribution in [-0.2, 0) is 0 Å². The fourth-order valence-electron chi connectivity index (χ4n) is 3.34. The summed E-state index contributed by atoms with van der Waals surface area (Å²) >= 11 is 13.6. The molecule has 1 aliphatic rings. The molecule has 1 aromatic heterocycles. The zero-order valence-corrected chi connectivity index (χ0v) is 17.1. The number of carbonyl (C=O) groups excluding carboxylic acids is 1. The average molecular weight is 436 g/mol. The van der Waals surface area contributed by atoms with Gasteiger partial charge in [-0.2, -0.15) is 0 Å². The average Bonchev–Trinajstić information content (AvgIpc) is 3.20. The van der Waals surface area contributed by atoms with Gasteiger partial charge in [0.15, 0.2) is 5.01 Å². The van der Waals surface area contributed by atoms with Crippen LogP contribution in [0.2, 0.25) is 10.0 Å². The maximum Gasteiger partial charge on any atom is 0.255 e. The molecule has 0 spiro atoms. The fraction of sp³-hybridized carbons (Fsp3) is 0.250. The minimum absolute atomic E-state index is 0.0636. The van der Waals surface area contributed by atoms with Crippen LogP contribution in [0.3, 0.4) is 0 Å². The van der Waals surface area contributed by atoms with Crippen molar-refractivity contribution in [2.45, 2.75) is 18.8 Å². The summed E-state index contributed by atoms with van der Waals surface area (Å²) in [6, 6.07) is 11.4. The minimum Gasteiger partial charge on any atom is -0.338 e. The van der Waals surface area contributed by atoms with E-state index in [4.69, 9.17) is 23.2 Å². The SMILES string of the molecule is O=C(c1cc(Cl)ccc1Cl)N1CCCC(c2nnc(-c3ccccc3F)s2)C1. The topological polar surface area (TPSA) is 46.1 Å². The Labute approximate surface area is 175 Å². The van der Waals surface area contributed by atoms with Crippen molar-refractivity contribution in [3.8, 4) is 10.6 Å². The highest BCUT2D eigenvalue weighted by atomic mass is 35.5. The van der Waals surface area contributed by atoms with Gasteiger partial charge in [-0.05, 0) is 43.2 Å². The maximum atomic E-state index is 14.0. The Kier molecular flexibility index (Phi) is 5.62. The molecule has 3 aromatic rings. The van der Waals surface area contributed by atoms with Gasteiger partial charge in [-0.15, -0.1) is 10.2 Å². The summed E-state index contributed by atoms with van der Waals surface area (Å²) in [5, 5.41) is 10.7. The number of likely N-dealkylation sites (tertiary alicyclic amines) is 1. The van der Waals surface area contributed by atoms with Crippen LogP contribution in [0.1, 0.15) is 34.1 Å². The lowest BCUT2D eigenvalue weighted by atomic mass is 9.98. The largest absolute Gasteiger partial charge is 0.338 e. The third kappa shape index (κ3) is 3.90. The molecule has 28 heavy (non-hydrogen) atoms. The minimum atomic E-state index is -0.318. The van der Waals surface area contributed by atoms with Gasteiger partial charge >= 0.3 is 0 Å². The molecular formula is C20H16Cl2FN3OS. The smallest absolute Gasteiger partial charge is 0.255 e. The monoisotopic (exact) mass is 435 g/mol. The van der Waals surface area contributed by atoms with Crippen LogP contribution in [0, 0.1) is 5.82 Å². The van der Waals surface area contributed by atoms with Crippen LogP contribution in [0.5, 0.6) is 0 Å². The molecule has 4 rings (SSSR count). The van der Waals surface area contributed by atoms with Gasteiger partial charge in [0, 0.05) is 29.6 Å². The summed E-state index contributed by atoms with van der Waals surface area (Å²) < 4.78 is 14.0. The zero-order chi connectivity index (χ0) is 19.7. The number of hydrogen-bond donors (Lipinski definition) is 0. The molecule has 2 heterocycles. The highest BCUT2D eigenvalue weighted by Crippen LogP contribution is 2.34. The van der Waals surface area contributed by atoms with Gasteiger partial charge in [-0.1, -0.05) is 46.7 Å². The van der Waals surface area contributed by atoms with E-state index in [2.05, 4.69) is 10.2 Å². The van der Waals surface area contributed by atoms with E-state index < -0.39 is 0 Å². The first-order valence-electron chi connectivity index (χ1n) is 8.85. The molecule has 1 aliphatic heterocycles. The number of nitrogens with zero attached hydrogens (tertiary/aromatic N) is 3. The molecule has 2 aromatic carbocycles. The Balaban J connectivity index is 1.54. The highest BCUT2D eigenvalue weighted by molar-refractivity contribution is 7.14. The number of halogens is 3. The third-order valence-electron chi connectivity index (χ3n) is 4.76. The summed E-state index contributed by atoms with van der Waals surface area (Å²) in [6.45, 7) is 1.17. The number of amides is 1. The number of carbonyl (C=O) groups is 1. The van der Waals surface area contributed by atoms with E-state index in [-0.39, 0.29) is 17.6 Å². The van der Waals surface area contributed by atoms with Crippen LogP contribution in [0.15, 0.2) is 42.5 Å². The van der Waals surface area contributed by atoms with Crippen LogP contribution < -0.4 is 0 Å². The van der Waals surface area contributed by atoms with E-state index in [0.717, 1.165) is 17.8 Å². The van der Waals surface area contributed by atoms with Gasteiger partial charge in [-0.3, -0.25) is 4.79 Å². The van der Waals surface area contributed by atoms with Crippen molar-refractivity contribution in [2.75, 3.05) is 13.1 Å². The van der Waals surface area contributed by atoms with E-state index in [0.29, 0.717) is 39.3 Å². The molecule has 1 amide bonds. The number of hydrogen-bond acceptors (Lipinski definition) is 4. The standard InChI is InChI=1S/C20H16Cl2FN3OS/c21-13-7-8-16(22)15(10-13)20(27)26-9-3-4-12(11-26)18-24-25-19(28-18)14-5-1-2-6-17(14)23/h1-2,5-8,10,12H,3-4,9,11H2. The first-order valence-corrected chi connectivity index (χ1v) is 10.4. The zero-order valence-electron chi connectivity index (χ0n) is 14.7. The van der Waals surface area contributed by atoms with Crippen LogP contribution in [0.25, 0.3) is 10.6 Å². The molecule has 1 unspecified atom stereocenters. The lowest BCUT2D eigenvalue weighted by Gasteiger charge is -2.32. The molecular weight excluding hydrogens is 420 g/mol. The van der Waals surface area contributed by atoms with E-state index in [1.54, 1.807) is 41.3 Å². The van der Waals surface area contributed by atoms with Crippen molar-refractivity contribution in [2.24, 2.45) is 0 Å². The van der Waals surface area contributed by atoms with Crippen LogP contribution >= 0.6 is 34.5 Å². The van der Waals surface area contributed by atoms with Gasteiger partial charge in [-0.25, -0.2) is 4.39 Å². The summed E-state index contributed by atoms with van der Waals surface area (Å²) in [6.07, 6.45) is 1.75. The molecule has 144 valence electrons. The van der Waals surface area contributed by atoms with Crippen molar-refractivity contribution < 1.29 is 9.18 Å². The lowest BCUT2D eigenvalue weighted by Crippen LogP contribution is -2.39. The van der Waals surface area contributed by atoms with Gasteiger partial charge < -0.3 is 4.90 Å². The van der Waals surface area contributed by atoms with Gasteiger partial charge in [0.25, 0.3) is 5.91 Å². The molecule has 0 aliphatic carbocycles. The number of rotatable bonds is 3. The summed E-state index contributed by atoms with van der Waals surface area (Å²) in [5.41, 5.74) is 0.847. The second kappa shape index (κ2) is 8.15. The van der Waals surface area contributed by atoms with E-state index in [1.807, 2.05) is 0 Å². The molecule has 0 saturated carbocycles. The predicted octanol–water partition coefficient (Wildman–Crippen LogP) is 5.67. The highest BCUT2D eigenvalue weighted by Gasteiger charge is 2.29. The number of aromatic nitrogens is 2. The summed E-state index contributed by atoms with van der Waals surface area (Å²) in [4.78, 5) is 14.7. The first-order chi connectivity index (χ1) is 13.5. The molecule has 1 atom stereocenters. The molecule has 1 fully saturated rings. The van der Waals surface area contributed by atoms with Crippen molar-refractivity contribution in [3.05, 3.63) is 68.9 Å². The Morgan fingerprint density at radius 2 is 2.00 bits per heavy atom. The molecule has 0 bridgehead atoms. The van der Waals surface area contributed by atoms with E-state index in [9.17, 15) is 9.18 Å². The van der Waals surface area contributed by atoms with Gasteiger partial charge in [0.2, 0.25) is 0 Å². The van der Waals surface area contributed by atoms with E-state index in [1.165, 1.54) is 17.4 Å². The quantitative estimate of drug-likeness (QED) is 0.532. The second-order valence-corrected chi connectivity index (χ2v) is 8.49. The van der Waals surface area contributed by atoms with Crippen molar-refractivity contribution in [3.63, 3.8) is 0 Å². The molecule has 0 radical (unpaired) electrons. The van der Waals surface area contributed by atoms with Crippen molar-refractivity contribution >= 4 is 40.4 Å². The summed E-state index contributed by atoms with van der Waals surface area (Å²) in [5.74, 6) is -0.397. The van der Waals surface area contributed by atoms with Gasteiger partial charge in [0.1, 0.15) is 10.8 Å². The lowest BCUT2D eigenvalue weighted by molar-refractivity contribution is 0.0707.